The number of carboxylic acids is 1. The van der Waals surface area contributed by atoms with Crippen LogP contribution < -0.4 is 5.43 Å². The molecule has 0 aromatic rings. The van der Waals surface area contributed by atoms with Crippen LogP contribution in [0.1, 0.15) is 32.6 Å². The highest BCUT2D eigenvalue weighted by Crippen LogP contribution is 2.01. The van der Waals surface area contributed by atoms with Crippen LogP contribution in [-0.4, -0.2) is 28.3 Å². The molecule has 0 rings (SSSR count). The predicted molar refractivity (Wildman–Crippen MR) is 77.4 cm³/mol. The lowest BCUT2D eigenvalue weighted by Gasteiger charge is -2.00. The highest BCUT2D eigenvalue weighted by molar-refractivity contribution is 5.84. The first-order chi connectivity index (χ1) is 9.47. The molecule has 1 amide bonds. The number of carbonyl (C=O) groups is 2. The third-order valence-electron chi connectivity index (χ3n) is 2.27. The van der Waals surface area contributed by atoms with Gasteiger partial charge in [0.2, 0.25) is 5.91 Å². The number of aliphatic carboxylic acids is 1. The van der Waals surface area contributed by atoms with E-state index in [1.165, 1.54) is 13.1 Å². The van der Waals surface area contributed by atoms with Crippen LogP contribution in [0.4, 0.5) is 0 Å². The van der Waals surface area contributed by atoms with E-state index in [4.69, 9.17) is 5.11 Å². The molecule has 110 valence electrons. The van der Waals surface area contributed by atoms with Gasteiger partial charge in [0, 0.05) is 18.4 Å². The van der Waals surface area contributed by atoms with Gasteiger partial charge in [-0.2, -0.15) is 5.10 Å². The molecule has 0 aliphatic heterocycles. The summed E-state index contributed by atoms with van der Waals surface area (Å²) in [5, 5.41) is 21.5. The molecule has 0 heterocycles. The average Bonchev–Trinajstić information content (AvgIpc) is 2.38. The third kappa shape index (κ3) is 9.64. The van der Waals surface area contributed by atoms with Crippen molar-refractivity contribution >= 4 is 18.1 Å². The molecule has 0 aromatic carbocycles. The molecule has 3 N–H and O–H groups in total. The first kappa shape index (κ1) is 17.6. The van der Waals surface area contributed by atoms with Crippen LogP contribution in [0, 0.1) is 0 Å². The maximum atomic E-state index is 11.4. The molecule has 0 bridgehead atoms. The van der Waals surface area contributed by atoms with E-state index in [9.17, 15) is 14.7 Å². The minimum absolute atomic E-state index is 0.0550. The number of nitrogens with one attached hydrogen (secondary N) is 1. The zero-order chi connectivity index (χ0) is 15.4. The smallest absolute Gasteiger partial charge is 0.303 e. The quantitative estimate of drug-likeness (QED) is 0.198. The van der Waals surface area contributed by atoms with Crippen LogP contribution in [0.3, 0.4) is 0 Å². The average molecular weight is 280 g/mol. The molecule has 0 unspecified atom stereocenters. The lowest BCUT2D eigenvalue weighted by atomic mass is 10.2. The summed E-state index contributed by atoms with van der Waals surface area (Å²) in [6.07, 6.45) is 7.33. The molecule has 0 atom stereocenters. The number of carboxylic acid groups (broad SMARTS) is 1. The van der Waals surface area contributed by atoms with Gasteiger partial charge in [0.15, 0.2) is 0 Å². The summed E-state index contributed by atoms with van der Waals surface area (Å²) in [5.41, 5.74) is 2.77. The monoisotopic (exact) mass is 280 g/mol. The van der Waals surface area contributed by atoms with E-state index >= 15 is 0 Å². The van der Waals surface area contributed by atoms with E-state index in [0.29, 0.717) is 18.4 Å². The van der Waals surface area contributed by atoms with E-state index in [1.807, 2.05) is 0 Å². The maximum absolute atomic E-state index is 11.4. The van der Waals surface area contributed by atoms with E-state index in [1.54, 1.807) is 18.2 Å². The Morgan fingerprint density at radius 1 is 1.25 bits per heavy atom. The van der Waals surface area contributed by atoms with Crippen molar-refractivity contribution in [2.75, 3.05) is 0 Å². The molecular formula is C14H20N2O4. The molecule has 0 fully saturated rings. The van der Waals surface area contributed by atoms with Crippen molar-refractivity contribution in [1.29, 1.82) is 0 Å². The topological polar surface area (TPSA) is 99.0 Å². The van der Waals surface area contributed by atoms with Gasteiger partial charge in [-0.3, -0.25) is 9.59 Å². The molecule has 20 heavy (non-hydrogen) atoms. The molecule has 0 aliphatic rings. The SMILES string of the molecule is C=C\C=C/C(/C=N/NC(=O)CCCCC(=O)O)=C(\C)O. The van der Waals surface area contributed by atoms with Gasteiger partial charge in [0.1, 0.15) is 0 Å². The van der Waals surface area contributed by atoms with Crippen LogP contribution >= 0.6 is 0 Å². The fraction of sp³-hybridized carbons (Fsp3) is 0.357. The molecule has 0 radical (unpaired) electrons. The lowest BCUT2D eigenvalue weighted by Crippen LogP contribution is -2.17. The Hall–Kier alpha value is -2.37. The van der Waals surface area contributed by atoms with Gasteiger partial charge >= 0.3 is 5.97 Å². The summed E-state index contributed by atoms with van der Waals surface area (Å²) in [4.78, 5) is 21.6. The maximum Gasteiger partial charge on any atom is 0.303 e. The molecule has 6 heteroatoms. The lowest BCUT2D eigenvalue weighted by molar-refractivity contribution is -0.137. The number of allylic oxidation sites excluding steroid dienone is 5. The molecule has 0 spiro atoms. The summed E-state index contributed by atoms with van der Waals surface area (Å²) in [6, 6.07) is 0. The fourth-order valence-electron chi connectivity index (χ4n) is 1.22. The Kier molecular flexibility index (Phi) is 9.29. The summed E-state index contributed by atoms with van der Waals surface area (Å²) in [6.45, 7) is 5.01. The fourth-order valence-corrected chi connectivity index (χ4v) is 1.22. The Bertz CT molecular complexity index is 432. The second-order valence-corrected chi connectivity index (χ2v) is 4.03. The Morgan fingerprint density at radius 3 is 2.45 bits per heavy atom. The summed E-state index contributed by atoms with van der Waals surface area (Å²) >= 11 is 0. The van der Waals surface area contributed by atoms with Gasteiger partial charge in [-0.05, 0) is 19.8 Å². The number of aliphatic hydroxyl groups excluding tert-OH is 1. The standard InChI is InChI=1S/C14H20N2O4/c1-3-4-7-12(11(2)17)10-15-16-13(18)8-5-6-9-14(19)20/h3-4,7,10,17H,1,5-6,8-9H2,2H3,(H,16,18)(H,19,20)/b7-4-,12-11-,15-10+. The van der Waals surface area contributed by atoms with Gasteiger partial charge < -0.3 is 10.2 Å². The Balaban J connectivity index is 4.12. The van der Waals surface area contributed by atoms with Crippen LogP contribution in [0.25, 0.3) is 0 Å². The molecule has 0 saturated heterocycles. The number of amides is 1. The van der Waals surface area contributed by atoms with Crippen molar-refractivity contribution in [2.45, 2.75) is 32.6 Å². The third-order valence-corrected chi connectivity index (χ3v) is 2.27. The number of hydrazone groups is 1. The number of aliphatic hydroxyl groups is 1. The second-order valence-electron chi connectivity index (χ2n) is 4.03. The van der Waals surface area contributed by atoms with Gasteiger partial charge in [-0.15, -0.1) is 0 Å². The largest absolute Gasteiger partial charge is 0.512 e. The van der Waals surface area contributed by atoms with Crippen molar-refractivity contribution in [3.8, 4) is 0 Å². The van der Waals surface area contributed by atoms with E-state index in [2.05, 4.69) is 17.1 Å². The zero-order valence-corrected chi connectivity index (χ0v) is 11.5. The minimum Gasteiger partial charge on any atom is -0.512 e. The van der Waals surface area contributed by atoms with E-state index in [0.717, 1.165) is 0 Å². The molecule has 0 saturated carbocycles. The van der Waals surface area contributed by atoms with Crippen LogP contribution in [0.15, 0.2) is 41.2 Å². The minimum atomic E-state index is -0.870. The highest BCUT2D eigenvalue weighted by atomic mass is 16.4. The highest BCUT2D eigenvalue weighted by Gasteiger charge is 2.01. The van der Waals surface area contributed by atoms with Crippen LogP contribution in [-0.2, 0) is 9.59 Å². The number of hydrogen-bond acceptors (Lipinski definition) is 4. The molecule has 6 nitrogen and oxygen atoms in total. The number of unbranched alkanes of at least 4 members (excludes halogenated alkanes) is 1. The number of hydrogen-bond donors (Lipinski definition) is 3. The first-order valence-corrected chi connectivity index (χ1v) is 6.20. The van der Waals surface area contributed by atoms with Crippen molar-refractivity contribution in [3.05, 3.63) is 36.1 Å². The number of rotatable bonds is 9. The zero-order valence-electron chi connectivity index (χ0n) is 11.5. The van der Waals surface area contributed by atoms with Crippen LogP contribution in [0.5, 0.6) is 0 Å². The molecular weight excluding hydrogens is 260 g/mol. The summed E-state index contributed by atoms with van der Waals surface area (Å²) in [5.74, 6) is -1.09. The van der Waals surface area contributed by atoms with E-state index in [-0.39, 0.29) is 24.5 Å². The van der Waals surface area contributed by atoms with Crippen molar-refractivity contribution in [3.63, 3.8) is 0 Å². The number of carbonyl (C=O) groups excluding carboxylic acids is 1. The van der Waals surface area contributed by atoms with Gasteiger partial charge in [-0.25, -0.2) is 5.43 Å². The second kappa shape index (κ2) is 10.5. The van der Waals surface area contributed by atoms with Crippen LogP contribution in [0.2, 0.25) is 0 Å². The molecule has 0 aliphatic carbocycles. The van der Waals surface area contributed by atoms with Crippen molar-refractivity contribution in [2.24, 2.45) is 5.10 Å². The van der Waals surface area contributed by atoms with Gasteiger partial charge in [-0.1, -0.05) is 24.8 Å². The summed E-state index contributed by atoms with van der Waals surface area (Å²) in [7, 11) is 0. The van der Waals surface area contributed by atoms with Gasteiger partial charge in [0.05, 0.1) is 12.0 Å². The van der Waals surface area contributed by atoms with E-state index < -0.39 is 5.97 Å². The van der Waals surface area contributed by atoms with Crippen molar-refractivity contribution < 1.29 is 19.8 Å². The number of nitrogens with zero attached hydrogens (tertiary/aromatic N) is 1. The normalized spacial score (nSPS) is 12.4. The van der Waals surface area contributed by atoms with Gasteiger partial charge in [0.25, 0.3) is 0 Å². The first-order valence-electron chi connectivity index (χ1n) is 6.20. The summed E-state index contributed by atoms with van der Waals surface area (Å²) < 4.78 is 0. The molecule has 0 aromatic heterocycles. The predicted octanol–water partition coefficient (Wildman–Crippen LogP) is 2.31. The Morgan fingerprint density at radius 2 is 1.90 bits per heavy atom. The van der Waals surface area contributed by atoms with Crippen molar-refractivity contribution in [1.82, 2.24) is 5.43 Å². The Labute approximate surface area is 118 Å².